The summed E-state index contributed by atoms with van der Waals surface area (Å²) < 4.78 is 17.9. The molecule has 0 amide bonds. The molecule has 9 heteroatoms. The van der Waals surface area contributed by atoms with Gasteiger partial charge in [0, 0.05) is 55.6 Å². The van der Waals surface area contributed by atoms with E-state index in [9.17, 15) is 4.79 Å². The Morgan fingerprint density at radius 1 is 0.760 bits per heavy atom. The number of nitrogens with zero attached hydrogens (tertiary/aromatic N) is 3. The minimum atomic E-state index is 0.408. The summed E-state index contributed by atoms with van der Waals surface area (Å²) >= 11 is 12.7. The van der Waals surface area contributed by atoms with E-state index in [1.165, 1.54) is 11.1 Å². The number of allylic oxidation sites excluding steroid dienone is 1. The van der Waals surface area contributed by atoms with Crippen LogP contribution in [0.4, 0.5) is 0 Å². The largest absolute Gasteiger partial charge is 0.489 e. The van der Waals surface area contributed by atoms with Gasteiger partial charge in [-0.15, -0.1) is 0 Å². The van der Waals surface area contributed by atoms with Gasteiger partial charge in [-0.25, -0.2) is 4.98 Å². The molecule has 2 heterocycles. The minimum absolute atomic E-state index is 0.408. The van der Waals surface area contributed by atoms with Crippen molar-refractivity contribution in [3.8, 4) is 23.1 Å². The lowest BCUT2D eigenvalue weighted by Crippen LogP contribution is -2.45. The Balaban J connectivity index is 1.02. The summed E-state index contributed by atoms with van der Waals surface area (Å²) in [7, 11) is 0. The lowest BCUT2D eigenvalue weighted by Gasteiger charge is -2.37. The van der Waals surface area contributed by atoms with E-state index < -0.39 is 0 Å². The summed E-state index contributed by atoms with van der Waals surface area (Å²) in [6.45, 7) is 9.09. The fourth-order valence-electron chi connectivity index (χ4n) is 5.77. The average Bonchev–Trinajstić information content (AvgIpc) is 3.13. The maximum atomic E-state index is 11.7. The van der Waals surface area contributed by atoms with E-state index in [4.69, 9.17) is 37.4 Å². The molecule has 0 saturated carbocycles. The third-order valence-corrected chi connectivity index (χ3v) is 9.09. The van der Waals surface area contributed by atoms with E-state index in [1.807, 2.05) is 61.5 Å². The molecule has 0 atom stereocenters. The van der Waals surface area contributed by atoms with Crippen LogP contribution in [0.15, 0.2) is 109 Å². The second-order valence-electron chi connectivity index (χ2n) is 12.3. The molecule has 50 heavy (non-hydrogen) atoms. The van der Waals surface area contributed by atoms with Crippen molar-refractivity contribution in [2.45, 2.75) is 33.6 Å². The Labute approximate surface area is 303 Å². The van der Waals surface area contributed by atoms with E-state index in [2.05, 4.69) is 58.1 Å². The molecule has 1 aliphatic rings. The molecule has 4 aromatic carbocycles. The van der Waals surface area contributed by atoms with E-state index >= 15 is 0 Å². The number of carbonyl (C=O) groups excluding carboxylic acids is 1. The van der Waals surface area contributed by atoms with Gasteiger partial charge in [0.25, 0.3) is 0 Å². The van der Waals surface area contributed by atoms with Crippen LogP contribution in [0.5, 0.6) is 23.1 Å². The second-order valence-corrected chi connectivity index (χ2v) is 13.2. The highest BCUT2D eigenvalue weighted by Gasteiger charge is 2.22. The van der Waals surface area contributed by atoms with Gasteiger partial charge in [0.1, 0.15) is 31.0 Å². The Hall–Kier alpha value is -4.82. The molecule has 1 aliphatic heterocycles. The van der Waals surface area contributed by atoms with Gasteiger partial charge in [0.05, 0.1) is 11.2 Å². The first kappa shape index (κ1) is 35.0. The Morgan fingerprint density at radius 3 is 2.00 bits per heavy atom. The molecule has 0 spiro atoms. The van der Waals surface area contributed by atoms with Gasteiger partial charge in [-0.05, 0) is 84.1 Å². The molecule has 0 aliphatic carbocycles. The van der Waals surface area contributed by atoms with Crippen molar-refractivity contribution in [2.24, 2.45) is 0 Å². The van der Waals surface area contributed by atoms with Crippen molar-refractivity contribution >= 4 is 35.2 Å². The number of aryl methyl sites for hydroxylation is 2. The van der Waals surface area contributed by atoms with Crippen LogP contribution in [0, 0.1) is 13.8 Å². The van der Waals surface area contributed by atoms with Crippen LogP contribution in [0.1, 0.15) is 33.4 Å². The molecule has 256 valence electrons. The van der Waals surface area contributed by atoms with Crippen LogP contribution in [-0.2, 0) is 24.6 Å². The summed E-state index contributed by atoms with van der Waals surface area (Å²) in [5.74, 6) is 2.37. The van der Waals surface area contributed by atoms with Gasteiger partial charge < -0.3 is 19.1 Å². The molecule has 1 aromatic heterocycles. The average molecular weight is 709 g/mol. The van der Waals surface area contributed by atoms with Gasteiger partial charge >= 0.3 is 0 Å². The zero-order chi connectivity index (χ0) is 34.9. The molecule has 0 radical (unpaired) electrons. The third kappa shape index (κ3) is 9.45. The fourth-order valence-corrected chi connectivity index (χ4v) is 6.20. The molecule has 1 saturated heterocycles. The molecule has 0 N–H and O–H groups in total. The van der Waals surface area contributed by atoms with E-state index in [1.54, 1.807) is 18.3 Å². The highest BCUT2D eigenvalue weighted by atomic mass is 35.5. The molecule has 1 fully saturated rings. The Kier molecular flexibility index (Phi) is 11.7. The van der Waals surface area contributed by atoms with Gasteiger partial charge in [-0.3, -0.25) is 9.69 Å². The fraction of sp³-hybridized carbons (Fsp3) is 0.220. The number of piperazine rings is 1. The van der Waals surface area contributed by atoms with Gasteiger partial charge in [-0.1, -0.05) is 77.3 Å². The van der Waals surface area contributed by atoms with Crippen LogP contribution in [0.3, 0.4) is 0 Å². The van der Waals surface area contributed by atoms with E-state index in [0.717, 1.165) is 72.7 Å². The first-order valence-electron chi connectivity index (χ1n) is 16.5. The Bertz CT molecular complexity index is 1880. The van der Waals surface area contributed by atoms with Crippen LogP contribution in [0.25, 0.3) is 5.70 Å². The highest BCUT2D eigenvalue weighted by molar-refractivity contribution is 6.32. The number of pyridine rings is 1. The number of benzene rings is 4. The third-order valence-electron chi connectivity index (χ3n) is 8.55. The summed E-state index contributed by atoms with van der Waals surface area (Å²) in [4.78, 5) is 20.8. The van der Waals surface area contributed by atoms with Crippen LogP contribution < -0.4 is 14.2 Å². The summed E-state index contributed by atoms with van der Waals surface area (Å²) in [5.41, 5.74) is 7.19. The topological polar surface area (TPSA) is 64.1 Å². The zero-order valence-electron chi connectivity index (χ0n) is 28.1. The van der Waals surface area contributed by atoms with Crippen molar-refractivity contribution in [3.63, 3.8) is 0 Å². The Morgan fingerprint density at radius 2 is 1.38 bits per heavy atom. The van der Waals surface area contributed by atoms with E-state index in [0.29, 0.717) is 40.6 Å². The standard InChI is InChI=1S/C41H39Cl2N3O4/c1-29-3-5-32(6-4-29)28-49-37-15-16-40(44-25-37)50-41-30(2)23-34(24-38(41)43)39(17-22-47)46-20-18-45(19-21-46)26-31-7-9-33(10-8-31)27-48-36-13-11-35(42)12-14-36/h3-17,22-25H,18-21,26-28H2,1-2H3/b39-17+. The molecule has 0 bridgehead atoms. The van der Waals surface area contributed by atoms with Gasteiger partial charge in [-0.2, -0.15) is 0 Å². The quantitative estimate of drug-likeness (QED) is 0.0893. The smallest absolute Gasteiger partial charge is 0.219 e. The first-order valence-corrected chi connectivity index (χ1v) is 17.3. The highest BCUT2D eigenvalue weighted by Crippen LogP contribution is 2.36. The van der Waals surface area contributed by atoms with Crippen LogP contribution >= 0.6 is 23.2 Å². The number of halogens is 2. The number of aromatic nitrogens is 1. The van der Waals surface area contributed by atoms with Crippen LogP contribution in [-0.4, -0.2) is 47.2 Å². The van der Waals surface area contributed by atoms with Crippen molar-refractivity contribution < 1.29 is 19.0 Å². The van der Waals surface area contributed by atoms with E-state index in [-0.39, 0.29) is 0 Å². The van der Waals surface area contributed by atoms with Gasteiger partial charge in [0.2, 0.25) is 5.88 Å². The van der Waals surface area contributed by atoms with Crippen molar-refractivity contribution in [1.82, 2.24) is 14.8 Å². The number of hydrogen-bond donors (Lipinski definition) is 0. The van der Waals surface area contributed by atoms with Crippen molar-refractivity contribution in [1.29, 1.82) is 0 Å². The number of hydrogen-bond acceptors (Lipinski definition) is 7. The molecule has 0 unspecified atom stereocenters. The monoisotopic (exact) mass is 707 g/mol. The normalized spacial score (nSPS) is 13.6. The summed E-state index contributed by atoms with van der Waals surface area (Å²) in [6, 6.07) is 31.6. The lowest BCUT2D eigenvalue weighted by molar-refractivity contribution is -0.104. The molecule has 5 aromatic rings. The predicted octanol–water partition coefficient (Wildman–Crippen LogP) is 9.31. The maximum absolute atomic E-state index is 11.7. The first-order chi connectivity index (χ1) is 24.3. The van der Waals surface area contributed by atoms with Crippen LogP contribution in [0.2, 0.25) is 10.0 Å². The number of rotatable bonds is 13. The van der Waals surface area contributed by atoms with Crippen molar-refractivity contribution in [3.05, 3.63) is 153 Å². The van der Waals surface area contributed by atoms with Gasteiger partial charge in [0.15, 0.2) is 5.75 Å². The zero-order valence-corrected chi connectivity index (χ0v) is 29.7. The summed E-state index contributed by atoms with van der Waals surface area (Å²) in [5, 5.41) is 1.13. The minimum Gasteiger partial charge on any atom is -0.489 e. The SMILES string of the molecule is Cc1ccc(COc2ccc(Oc3c(C)cc(/C(=C\C=O)N4CCN(Cc5ccc(COc6ccc(Cl)cc6)cc5)CC4)cc3Cl)nc2)cc1. The number of ether oxygens (including phenoxy) is 3. The molecule has 7 nitrogen and oxygen atoms in total. The molecular weight excluding hydrogens is 669 g/mol. The number of aldehydes is 1. The maximum Gasteiger partial charge on any atom is 0.219 e. The number of carbonyl (C=O) groups is 1. The summed E-state index contributed by atoms with van der Waals surface area (Å²) in [6.07, 6.45) is 4.09. The lowest BCUT2D eigenvalue weighted by atomic mass is 10.1. The predicted molar refractivity (Wildman–Crippen MR) is 199 cm³/mol. The molecule has 6 rings (SSSR count). The molecular formula is C41H39Cl2N3O4. The second kappa shape index (κ2) is 16.7. The van der Waals surface area contributed by atoms with Crippen molar-refractivity contribution in [2.75, 3.05) is 26.2 Å².